The number of aromatic nitrogens is 2. The van der Waals surface area contributed by atoms with Gasteiger partial charge < -0.3 is 9.15 Å². The van der Waals surface area contributed by atoms with Crippen LogP contribution in [0.2, 0.25) is 0 Å². The number of para-hydroxylation sites is 1. The molecule has 0 fully saturated rings. The lowest BCUT2D eigenvalue weighted by atomic mass is 10.2. The molecule has 2 heterocycles. The first-order valence-electron chi connectivity index (χ1n) is 6.58. The van der Waals surface area contributed by atoms with Crippen molar-refractivity contribution in [2.75, 3.05) is 5.32 Å². The van der Waals surface area contributed by atoms with Crippen LogP contribution in [0.4, 0.5) is 5.13 Å². The van der Waals surface area contributed by atoms with E-state index in [2.05, 4.69) is 15.5 Å². The Bertz CT molecular complexity index is 767. The van der Waals surface area contributed by atoms with Crippen LogP contribution in [-0.2, 0) is 6.61 Å². The Morgan fingerprint density at radius 2 is 2.09 bits per heavy atom. The van der Waals surface area contributed by atoms with Crippen molar-refractivity contribution in [1.82, 2.24) is 10.2 Å². The second-order valence-corrected chi connectivity index (χ2v) is 5.51. The molecule has 0 atom stereocenters. The smallest absolute Gasteiger partial charge is 0.261 e. The third kappa shape index (κ3) is 3.32. The molecule has 0 unspecified atom stereocenters. The van der Waals surface area contributed by atoms with Gasteiger partial charge in [-0.25, -0.2) is 0 Å². The molecule has 0 saturated heterocycles. The number of amides is 1. The van der Waals surface area contributed by atoms with Crippen LogP contribution in [0.25, 0.3) is 0 Å². The van der Waals surface area contributed by atoms with Crippen molar-refractivity contribution in [2.24, 2.45) is 0 Å². The van der Waals surface area contributed by atoms with Crippen LogP contribution in [0.15, 0.2) is 47.1 Å². The highest BCUT2D eigenvalue weighted by Gasteiger charge is 2.14. The van der Waals surface area contributed by atoms with Gasteiger partial charge in [-0.05, 0) is 25.1 Å². The lowest BCUT2D eigenvalue weighted by Gasteiger charge is -2.02. The van der Waals surface area contributed by atoms with Gasteiger partial charge in [0.15, 0.2) is 5.01 Å². The molecule has 1 aromatic carbocycles. The molecule has 0 bridgehead atoms. The summed E-state index contributed by atoms with van der Waals surface area (Å²) in [4.78, 5) is 12.0. The number of hydrogen-bond donors (Lipinski definition) is 1. The van der Waals surface area contributed by atoms with Crippen LogP contribution in [0.3, 0.4) is 0 Å². The number of nitrogens with zero attached hydrogens (tertiary/aromatic N) is 2. The fourth-order valence-corrected chi connectivity index (χ4v) is 2.46. The van der Waals surface area contributed by atoms with E-state index in [-0.39, 0.29) is 5.91 Å². The zero-order chi connectivity index (χ0) is 15.4. The molecule has 3 aromatic rings. The van der Waals surface area contributed by atoms with E-state index < -0.39 is 0 Å². The van der Waals surface area contributed by atoms with Crippen LogP contribution in [0, 0.1) is 6.92 Å². The maximum Gasteiger partial charge on any atom is 0.261 e. The Labute approximate surface area is 130 Å². The maximum atomic E-state index is 12.0. The van der Waals surface area contributed by atoms with Crippen molar-refractivity contribution in [2.45, 2.75) is 13.5 Å². The number of hydrogen-bond acceptors (Lipinski definition) is 6. The van der Waals surface area contributed by atoms with E-state index in [9.17, 15) is 4.79 Å². The highest BCUT2D eigenvalue weighted by molar-refractivity contribution is 7.15. The molecule has 0 aliphatic heterocycles. The summed E-state index contributed by atoms with van der Waals surface area (Å²) < 4.78 is 10.7. The summed E-state index contributed by atoms with van der Waals surface area (Å²) in [6.45, 7) is 2.04. The molecular formula is C15H13N3O3S. The van der Waals surface area contributed by atoms with Gasteiger partial charge in [0, 0.05) is 0 Å². The molecule has 0 radical (unpaired) electrons. The number of furan rings is 1. The molecule has 0 saturated carbocycles. The van der Waals surface area contributed by atoms with E-state index in [1.165, 1.54) is 17.6 Å². The average Bonchev–Trinajstić information content (AvgIpc) is 3.15. The molecule has 7 heteroatoms. The SMILES string of the molecule is Cc1occc1C(=O)Nc1nnc(COc2ccccc2)s1. The monoisotopic (exact) mass is 315 g/mol. The minimum absolute atomic E-state index is 0.266. The lowest BCUT2D eigenvalue weighted by Crippen LogP contribution is -2.11. The summed E-state index contributed by atoms with van der Waals surface area (Å²) in [5.74, 6) is 1.06. The van der Waals surface area contributed by atoms with Gasteiger partial charge in [0.25, 0.3) is 5.91 Å². The van der Waals surface area contributed by atoms with Crippen molar-refractivity contribution in [3.8, 4) is 5.75 Å². The Hall–Kier alpha value is -2.67. The standard InChI is InChI=1S/C15H13N3O3S/c1-10-12(7-8-20-10)14(19)16-15-18-17-13(22-15)9-21-11-5-3-2-4-6-11/h2-8H,9H2,1H3,(H,16,18,19). The van der Waals surface area contributed by atoms with Crippen molar-refractivity contribution in [1.29, 1.82) is 0 Å². The molecule has 0 spiro atoms. The van der Waals surface area contributed by atoms with Crippen LogP contribution < -0.4 is 10.1 Å². The molecule has 22 heavy (non-hydrogen) atoms. The van der Waals surface area contributed by atoms with Crippen molar-refractivity contribution < 1.29 is 13.9 Å². The summed E-state index contributed by atoms with van der Waals surface area (Å²) in [7, 11) is 0. The molecule has 1 amide bonds. The van der Waals surface area contributed by atoms with Crippen molar-refractivity contribution >= 4 is 22.4 Å². The minimum atomic E-state index is -0.266. The van der Waals surface area contributed by atoms with Crippen LogP contribution in [0.1, 0.15) is 21.1 Å². The number of ether oxygens (including phenoxy) is 1. The highest BCUT2D eigenvalue weighted by Crippen LogP contribution is 2.19. The Balaban J connectivity index is 1.59. The molecule has 6 nitrogen and oxygen atoms in total. The summed E-state index contributed by atoms with van der Waals surface area (Å²) in [5.41, 5.74) is 0.484. The molecule has 0 aliphatic carbocycles. The van der Waals surface area contributed by atoms with Gasteiger partial charge in [-0.1, -0.05) is 29.5 Å². The first-order valence-corrected chi connectivity index (χ1v) is 7.39. The third-order valence-electron chi connectivity index (χ3n) is 2.90. The largest absolute Gasteiger partial charge is 0.486 e. The fraction of sp³-hybridized carbons (Fsp3) is 0.133. The molecule has 0 aliphatic rings. The number of nitrogens with one attached hydrogen (secondary N) is 1. The quantitative estimate of drug-likeness (QED) is 0.782. The first kappa shape index (κ1) is 14.3. The number of aryl methyl sites for hydroxylation is 1. The van der Waals surface area contributed by atoms with Gasteiger partial charge in [0.05, 0.1) is 11.8 Å². The van der Waals surface area contributed by atoms with Crippen molar-refractivity contribution in [3.63, 3.8) is 0 Å². The molecule has 2 aromatic heterocycles. The number of rotatable bonds is 5. The summed E-state index contributed by atoms with van der Waals surface area (Å²) >= 11 is 1.27. The maximum absolute atomic E-state index is 12.0. The van der Waals surface area contributed by atoms with E-state index >= 15 is 0 Å². The van der Waals surface area contributed by atoms with Crippen LogP contribution >= 0.6 is 11.3 Å². The predicted molar refractivity (Wildman–Crippen MR) is 82.1 cm³/mol. The third-order valence-corrected chi connectivity index (χ3v) is 3.71. The van der Waals surface area contributed by atoms with E-state index in [0.29, 0.717) is 28.1 Å². The molecule has 1 N–H and O–H groups in total. The lowest BCUT2D eigenvalue weighted by molar-refractivity contribution is 0.102. The van der Waals surface area contributed by atoms with Crippen LogP contribution in [-0.4, -0.2) is 16.1 Å². The Morgan fingerprint density at radius 3 is 2.82 bits per heavy atom. The summed E-state index contributed by atoms with van der Waals surface area (Å²) in [6, 6.07) is 11.1. The van der Waals surface area contributed by atoms with Gasteiger partial charge in [-0.3, -0.25) is 10.1 Å². The van der Waals surface area contributed by atoms with Gasteiger partial charge in [0.2, 0.25) is 5.13 Å². The number of carbonyl (C=O) groups excluding carboxylic acids is 1. The van der Waals surface area contributed by atoms with Gasteiger partial charge >= 0.3 is 0 Å². The Kier molecular flexibility index (Phi) is 4.15. The Morgan fingerprint density at radius 1 is 1.27 bits per heavy atom. The summed E-state index contributed by atoms with van der Waals surface area (Å²) in [5, 5.41) is 11.7. The fourth-order valence-electron chi connectivity index (χ4n) is 1.81. The number of carbonyl (C=O) groups is 1. The van der Waals surface area contributed by atoms with Gasteiger partial charge in [0.1, 0.15) is 18.1 Å². The van der Waals surface area contributed by atoms with Gasteiger partial charge in [-0.15, -0.1) is 10.2 Å². The minimum Gasteiger partial charge on any atom is -0.486 e. The van der Waals surface area contributed by atoms with Crippen molar-refractivity contribution in [3.05, 3.63) is 59.0 Å². The predicted octanol–water partition coefficient (Wildman–Crippen LogP) is 3.27. The second-order valence-electron chi connectivity index (χ2n) is 4.45. The number of anilines is 1. The highest BCUT2D eigenvalue weighted by atomic mass is 32.1. The normalized spacial score (nSPS) is 10.4. The van der Waals surface area contributed by atoms with E-state index in [0.717, 1.165) is 5.75 Å². The average molecular weight is 315 g/mol. The second kappa shape index (κ2) is 6.40. The topological polar surface area (TPSA) is 77.3 Å². The zero-order valence-electron chi connectivity index (χ0n) is 11.8. The van der Waals surface area contributed by atoms with Crippen LogP contribution in [0.5, 0.6) is 5.75 Å². The van der Waals surface area contributed by atoms with E-state index in [1.807, 2.05) is 30.3 Å². The molecule has 112 valence electrons. The molecular weight excluding hydrogens is 302 g/mol. The van der Waals surface area contributed by atoms with E-state index in [1.54, 1.807) is 13.0 Å². The summed E-state index contributed by atoms with van der Waals surface area (Å²) in [6.07, 6.45) is 1.48. The first-order chi connectivity index (χ1) is 10.7. The van der Waals surface area contributed by atoms with E-state index in [4.69, 9.17) is 9.15 Å². The number of benzene rings is 1. The zero-order valence-corrected chi connectivity index (χ0v) is 12.6. The molecule has 3 rings (SSSR count). The van der Waals surface area contributed by atoms with Gasteiger partial charge in [-0.2, -0.15) is 0 Å².